The molecule has 0 saturated heterocycles. The molecule has 0 aliphatic heterocycles. The molecule has 1 aromatic carbocycles. The van der Waals surface area contributed by atoms with Gasteiger partial charge in [0.1, 0.15) is 0 Å². The van der Waals surface area contributed by atoms with Crippen LogP contribution in [0.2, 0.25) is 0 Å². The fourth-order valence-electron chi connectivity index (χ4n) is 2.08. The average Bonchev–Trinajstić information content (AvgIpc) is 2.30. The van der Waals surface area contributed by atoms with Gasteiger partial charge in [-0.05, 0) is 0 Å². The van der Waals surface area contributed by atoms with Crippen molar-refractivity contribution in [3.63, 3.8) is 0 Å². The fraction of sp³-hybridized carbons (Fsp3) is 0.667. The van der Waals surface area contributed by atoms with E-state index in [-0.39, 0.29) is 5.75 Å². The quantitative estimate of drug-likeness (QED) is 0.627. The average molecular weight is 438 g/mol. The van der Waals surface area contributed by atoms with Crippen LogP contribution < -0.4 is 3.32 Å². The Morgan fingerprint density at radius 2 is 1.07 bits per heavy atom. The molecule has 0 atom stereocenters. The normalized spacial score (nSPS) is 14.3. The van der Waals surface area contributed by atoms with Crippen molar-refractivity contribution >= 4 is 9.05 Å². The summed E-state index contributed by atoms with van der Waals surface area (Å²) in [6, 6.07) is 8.46. The molecule has 1 aromatic rings. The Balaban J connectivity index is 3.26. The summed E-state index contributed by atoms with van der Waals surface area (Å²) in [5, 5.41) is 0. The predicted octanol–water partition coefficient (Wildman–Crippen LogP) is 3.76. The molecule has 0 bridgehead atoms. The van der Waals surface area contributed by atoms with Crippen molar-refractivity contribution in [2.24, 2.45) is 0 Å². The minimum absolute atomic E-state index is 0.285. The second-order valence-corrected chi connectivity index (χ2v) is 14.0. The third-order valence-corrected chi connectivity index (χ3v) is 8.85. The zero-order valence-corrected chi connectivity index (χ0v) is 20.4. The molecule has 0 radical (unpaired) electrons. The molecule has 0 heterocycles. The Morgan fingerprint density at radius 3 is 1.41 bits per heavy atom. The Kier molecular flexibility index (Phi) is 7.89. The molecule has 0 unspecified atom stereocenters. The molecule has 0 amide bonds. The van der Waals surface area contributed by atoms with E-state index < -0.39 is 44.0 Å². The first-order valence-corrected chi connectivity index (χ1v) is 13.2. The molecule has 1 rings (SSSR count). The van der Waals surface area contributed by atoms with Gasteiger partial charge in [-0.25, -0.2) is 0 Å². The zero-order chi connectivity index (χ0) is 21.1. The fourth-order valence-corrected chi connectivity index (χ4v) is 7.94. The van der Waals surface area contributed by atoms with Crippen molar-refractivity contribution < 1.29 is 45.1 Å². The molecular formula is C18H34O7SiTi. The van der Waals surface area contributed by atoms with Gasteiger partial charge in [0.05, 0.1) is 0 Å². The summed E-state index contributed by atoms with van der Waals surface area (Å²) in [5.74, 6) is 0.285. The van der Waals surface area contributed by atoms with Crippen LogP contribution in [0.1, 0.15) is 62.3 Å². The molecule has 0 aliphatic carbocycles. The molecule has 7 nitrogen and oxygen atoms in total. The van der Waals surface area contributed by atoms with Crippen molar-refractivity contribution in [1.29, 1.82) is 0 Å². The summed E-state index contributed by atoms with van der Waals surface area (Å²) >= 11 is -5.28. The van der Waals surface area contributed by atoms with Crippen LogP contribution in [0.15, 0.2) is 30.3 Å². The molecule has 0 saturated carbocycles. The van der Waals surface area contributed by atoms with Crippen molar-refractivity contribution in [3.8, 4) is 5.75 Å². The Hall–Kier alpha value is -0.289. The number of hydrogen-bond acceptors (Lipinski definition) is 7. The maximum atomic E-state index is 10.6. The number of para-hydroxylation sites is 1. The van der Waals surface area contributed by atoms with E-state index in [4.69, 9.17) is 19.6 Å². The van der Waals surface area contributed by atoms with Crippen molar-refractivity contribution in [2.75, 3.05) is 0 Å². The summed E-state index contributed by atoms with van der Waals surface area (Å²) in [5.41, 5.74) is -2.14. The molecule has 0 aromatic heterocycles. The van der Waals surface area contributed by atoms with Crippen LogP contribution in [0.3, 0.4) is 0 Å². The van der Waals surface area contributed by atoms with Gasteiger partial charge < -0.3 is 0 Å². The molecule has 0 spiro atoms. The Bertz CT molecular complexity index is 548. The number of hydrogen-bond donors (Lipinski definition) is 2. The summed E-state index contributed by atoms with van der Waals surface area (Å²) in [7, 11) is -4.03. The summed E-state index contributed by atoms with van der Waals surface area (Å²) in [6.07, 6.45) is 0. The molecule has 9 heteroatoms. The summed E-state index contributed by atoms with van der Waals surface area (Å²) in [4.78, 5) is 0. The minimum atomic E-state index is -5.28. The van der Waals surface area contributed by atoms with Gasteiger partial charge in [-0.3, -0.25) is 0 Å². The van der Waals surface area contributed by atoms with Crippen LogP contribution in [0, 0.1) is 0 Å². The third-order valence-electron chi connectivity index (χ3n) is 2.55. The van der Waals surface area contributed by atoms with Crippen molar-refractivity contribution in [1.82, 2.24) is 0 Å². The summed E-state index contributed by atoms with van der Waals surface area (Å²) in [6.45, 7) is 16.4. The molecule has 2 N–H and O–H groups in total. The van der Waals surface area contributed by atoms with E-state index in [9.17, 15) is 7.38 Å². The molecular weight excluding hydrogens is 404 g/mol. The van der Waals surface area contributed by atoms with Gasteiger partial charge in [0.15, 0.2) is 0 Å². The SMILES string of the molecule is CC(C)(C)O[Si](OC(C)(C)C)(OC(C)(C)C)[O][Ti]([OH])([OH])[O]c1ccccc1. The van der Waals surface area contributed by atoms with Crippen molar-refractivity contribution in [3.05, 3.63) is 30.3 Å². The van der Waals surface area contributed by atoms with E-state index >= 15 is 0 Å². The first-order chi connectivity index (χ1) is 11.9. The Labute approximate surface area is 169 Å². The van der Waals surface area contributed by atoms with Crippen LogP contribution in [0.4, 0.5) is 0 Å². The van der Waals surface area contributed by atoms with E-state index in [2.05, 4.69) is 0 Å². The van der Waals surface area contributed by atoms with E-state index in [0.29, 0.717) is 0 Å². The van der Waals surface area contributed by atoms with Gasteiger partial charge in [-0.1, -0.05) is 0 Å². The monoisotopic (exact) mass is 438 g/mol. The standard InChI is InChI=1S/C12H27O4Si.C6H6O.2H2O.Ti/c1-10(2,3)14-17(13,15-11(4,5)6)16-12(7,8)9;7-6-4-2-1-3-5-6;;;/h1-9H3;1-5,7H;2*1H2;/q-1;;;;+4/p-3. The molecule has 0 aliphatic rings. The predicted molar refractivity (Wildman–Crippen MR) is 101 cm³/mol. The zero-order valence-electron chi connectivity index (χ0n) is 17.8. The second-order valence-electron chi connectivity index (χ2n) is 9.21. The van der Waals surface area contributed by atoms with Gasteiger partial charge in [-0.15, -0.1) is 0 Å². The van der Waals surface area contributed by atoms with Crippen LogP contribution >= 0.6 is 0 Å². The summed E-state index contributed by atoms with van der Waals surface area (Å²) < 4.78 is 50.5. The number of rotatable bonds is 7. The molecule has 156 valence electrons. The van der Waals surface area contributed by atoms with Crippen LogP contribution in [0.25, 0.3) is 0 Å². The van der Waals surface area contributed by atoms with Crippen LogP contribution in [-0.4, -0.2) is 33.2 Å². The second kappa shape index (κ2) is 8.61. The van der Waals surface area contributed by atoms with Crippen molar-refractivity contribution in [2.45, 2.75) is 79.1 Å². The Morgan fingerprint density at radius 1 is 0.704 bits per heavy atom. The van der Waals surface area contributed by atoms with E-state index in [1.54, 1.807) is 30.3 Å². The van der Waals surface area contributed by atoms with Crippen LogP contribution in [-0.2, 0) is 34.4 Å². The van der Waals surface area contributed by atoms with Gasteiger partial charge in [0.25, 0.3) is 0 Å². The molecule has 0 fully saturated rings. The maximum absolute atomic E-state index is 10.6. The van der Waals surface area contributed by atoms with E-state index in [1.807, 2.05) is 62.3 Å². The first-order valence-electron chi connectivity index (χ1n) is 8.90. The van der Waals surface area contributed by atoms with Gasteiger partial charge in [0, 0.05) is 0 Å². The van der Waals surface area contributed by atoms with E-state index in [1.165, 1.54) is 0 Å². The first kappa shape index (κ1) is 24.7. The number of benzene rings is 1. The van der Waals surface area contributed by atoms with Gasteiger partial charge >= 0.3 is 169 Å². The third kappa shape index (κ3) is 10.7. The van der Waals surface area contributed by atoms with Gasteiger partial charge in [0.2, 0.25) is 0 Å². The van der Waals surface area contributed by atoms with E-state index in [0.717, 1.165) is 0 Å². The topological polar surface area (TPSA) is 86.6 Å². The molecule has 27 heavy (non-hydrogen) atoms. The van der Waals surface area contributed by atoms with Crippen LogP contribution in [0.5, 0.6) is 5.75 Å². The van der Waals surface area contributed by atoms with Gasteiger partial charge in [-0.2, -0.15) is 0 Å².